The van der Waals surface area contributed by atoms with Crippen LogP contribution in [0, 0.1) is 18.6 Å². The number of aryl methyl sites for hydroxylation is 1. The Morgan fingerprint density at radius 1 is 0.879 bits per heavy atom. The molecule has 1 aromatic heterocycles. The third kappa shape index (κ3) is 5.95. The molecular weight excluding hydrogens is 448 g/mol. The summed E-state index contributed by atoms with van der Waals surface area (Å²) in [6.07, 6.45) is 5.96. The summed E-state index contributed by atoms with van der Waals surface area (Å²) in [6.45, 7) is 1.82. The molecule has 2 aromatic carbocycles. The van der Waals surface area contributed by atoms with Crippen LogP contribution in [0.2, 0.25) is 0 Å². The summed E-state index contributed by atoms with van der Waals surface area (Å²) >= 11 is 0. The van der Waals surface area contributed by atoms with Crippen LogP contribution < -0.4 is 15.4 Å². The van der Waals surface area contributed by atoms with Crippen molar-refractivity contribution in [1.29, 1.82) is 0 Å². The molecule has 174 valence electrons. The molecule has 0 aliphatic heterocycles. The summed E-state index contributed by atoms with van der Waals surface area (Å²) < 4.78 is 54.4. The van der Waals surface area contributed by atoms with E-state index < -0.39 is 26.6 Å². The van der Waals surface area contributed by atoms with Crippen molar-refractivity contribution >= 4 is 33.0 Å². The maximum Gasteiger partial charge on any atom is 0.264 e. The lowest BCUT2D eigenvalue weighted by molar-refractivity contribution is 0.462. The van der Waals surface area contributed by atoms with Crippen molar-refractivity contribution in [2.24, 2.45) is 0 Å². The van der Waals surface area contributed by atoms with E-state index >= 15 is 0 Å². The van der Waals surface area contributed by atoms with E-state index in [1.165, 1.54) is 31.4 Å². The number of halogens is 2. The first kappa shape index (κ1) is 22.9. The van der Waals surface area contributed by atoms with Crippen molar-refractivity contribution in [2.75, 3.05) is 15.4 Å². The standard InChI is InChI=1S/C23H25F2N5O2S/c1-15-26-22(28-17-5-3-2-4-6-17)14-23(27-15)29-18-8-10-19(11-9-18)30-33(31,32)21-13-16(24)7-12-20(21)25/h7-14,17,30H,2-6H2,1H3,(H2,26,27,28,29). The van der Waals surface area contributed by atoms with Crippen molar-refractivity contribution in [3.05, 3.63) is 66.0 Å². The zero-order valence-corrected chi connectivity index (χ0v) is 18.9. The lowest BCUT2D eigenvalue weighted by Gasteiger charge is -2.23. The van der Waals surface area contributed by atoms with Crippen LogP contribution in [0.15, 0.2) is 53.4 Å². The average molecular weight is 474 g/mol. The first-order valence-electron chi connectivity index (χ1n) is 10.8. The number of anilines is 4. The van der Waals surface area contributed by atoms with Gasteiger partial charge in [-0.15, -0.1) is 0 Å². The lowest BCUT2D eigenvalue weighted by atomic mass is 9.95. The zero-order valence-electron chi connectivity index (χ0n) is 18.1. The largest absolute Gasteiger partial charge is 0.367 e. The SMILES string of the molecule is Cc1nc(Nc2ccc(NS(=O)(=O)c3cc(F)ccc3F)cc2)cc(NC2CCCCC2)n1. The van der Waals surface area contributed by atoms with Crippen LogP contribution >= 0.6 is 0 Å². The summed E-state index contributed by atoms with van der Waals surface area (Å²) in [4.78, 5) is 8.13. The van der Waals surface area contributed by atoms with E-state index in [-0.39, 0.29) is 5.69 Å². The quantitative estimate of drug-likeness (QED) is 0.428. The van der Waals surface area contributed by atoms with Gasteiger partial charge in [-0.1, -0.05) is 19.3 Å². The second kappa shape index (κ2) is 9.70. The van der Waals surface area contributed by atoms with Crippen LogP contribution in [0.25, 0.3) is 0 Å². The summed E-state index contributed by atoms with van der Waals surface area (Å²) in [7, 11) is -4.28. The van der Waals surface area contributed by atoms with Gasteiger partial charge in [0, 0.05) is 23.5 Å². The molecule has 3 aromatic rings. The number of aromatic nitrogens is 2. The smallest absolute Gasteiger partial charge is 0.264 e. The summed E-state index contributed by atoms with van der Waals surface area (Å²) in [5.74, 6) is 0.127. The van der Waals surface area contributed by atoms with E-state index in [1.807, 2.05) is 13.0 Å². The minimum absolute atomic E-state index is 0.211. The monoisotopic (exact) mass is 473 g/mol. The Bertz CT molecular complexity index is 1230. The molecule has 1 heterocycles. The highest BCUT2D eigenvalue weighted by molar-refractivity contribution is 7.92. The highest BCUT2D eigenvalue weighted by Gasteiger charge is 2.20. The van der Waals surface area contributed by atoms with Gasteiger partial charge in [0.2, 0.25) is 0 Å². The van der Waals surface area contributed by atoms with Gasteiger partial charge < -0.3 is 10.6 Å². The fourth-order valence-electron chi connectivity index (χ4n) is 3.82. The Kier molecular flexibility index (Phi) is 6.73. The molecule has 3 N–H and O–H groups in total. The van der Waals surface area contributed by atoms with E-state index in [0.717, 1.165) is 30.8 Å². The highest BCUT2D eigenvalue weighted by Crippen LogP contribution is 2.25. The van der Waals surface area contributed by atoms with Gasteiger partial charge in [-0.05, 0) is 62.2 Å². The normalized spacial score (nSPS) is 14.6. The Morgan fingerprint density at radius 2 is 1.55 bits per heavy atom. The van der Waals surface area contributed by atoms with Gasteiger partial charge >= 0.3 is 0 Å². The fourth-order valence-corrected chi connectivity index (χ4v) is 4.97. The molecule has 7 nitrogen and oxygen atoms in total. The maximum absolute atomic E-state index is 13.9. The summed E-state index contributed by atoms with van der Waals surface area (Å²) in [5, 5.41) is 6.66. The molecule has 0 spiro atoms. The molecule has 1 aliphatic carbocycles. The number of hydrogen-bond acceptors (Lipinski definition) is 6. The van der Waals surface area contributed by atoms with E-state index in [1.54, 1.807) is 12.1 Å². The van der Waals surface area contributed by atoms with Gasteiger partial charge in [-0.3, -0.25) is 4.72 Å². The molecular formula is C23H25F2N5O2S. The van der Waals surface area contributed by atoms with Crippen LogP contribution in [0.1, 0.15) is 37.9 Å². The van der Waals surface area contributed by atoms with Crippen LogP contribution in [0.3, 0.4) is 0 Å². The Labute approximate surface area is 191 Å². The zero-order chi connectivity index (χ0) is 23.4. The molecule has 1 aliphatic rings. The summed E-state index contributed by atoms with van der Waals surface area (Å²) in [5.41, 5.74) is 0.888. The molecule has 0 saturated heterocycles. The molecule has 1 fully saturated rings. The third-order valence-corrected chi connectivity index (χ3v) is 6.78. The van der Waals surface area contributed by atoms with Gasteiger partial charge in [-0.2, -0.15) is 0 Å². The molecule has 1 saturated carbocycles. The van der Waals surface area contributed by atoms with Gasteiger partial charge in [0.1, 0.15) is 34.0 Å². The maximum atomic E-state index is 13.9. The number of nitrogens with one attached hydrogen (secondary N) is 3. The van der Waals surface area contributed by atoms with Crippen LogP contribution in [-0.2, 0) is 10.0 Å². The second-order valence-corrected chi connectivity index (χ2v) is 9.70. The van der Waals surface area contributed by atoms with Gasteiger partial charge in [0.25, 0.3) is 10.0 Å². The van der Waals surface area contributed by atoms with Crippen LogP contribution in [0.5, 0.6) is 0 Å². The van der Waals surface area contributed by atoms with Crippen LogP contribution in [-0.4, -0.2) is 24.4 Å². The molecule has 0 bridgehead atoms. The van der Waals surface area contributed by atoms with E-state index in [4.69, 9.17) is 0 Å². The molecule has 0 atom stereocenters. The highest BCUT2D eigenvalue weighted by atomic mass is 32.2. The second-order valence-electron chi connectivity index (χ2n) is 8.05. The molecule has 4 rings (SSSR count). The number of hydrogen-bond donors (Lipinski definition) is 3. The first-order valence-corrected chi connectivity index (χ1v) is 12.2. The molecule has 0 amide bonds. The van der Waals surface area contributed by atoms with E-state index in [9.17, 15) is 17.2 Å². The van der Waals surface area contributed by atoms with Crippen molar-refractivity contribution in [3.8, 4) is 0 Å². The predicted octanol–water partition coefficient (Wildman–Crippen LogP) is 5.35. The predicted molar refractivity (Wildman–Crippen MR) is 124 cm³/mol. The number of nitrogens with zero attached hydrogens (tertiary/aromatic N) is 2. The number of sulfonamides is 1. The van der Waals surface area contributed by atoms with Gasteiger partial charge in [0.05, 0.1) is 0 Å². The van der Waals surface area contributed by atoms with Crippen LogP contribution in [0.4, 0.5) is 31.8 Å². The van der Waals surface area contributed by atoms with E-state index in [2.05, 4.69) is 25.3 Å². The number of rotatable bonds is 7. The Hall–Kier alpha value is -3.27. The summed E-state index contributed by atoms with van der Waals surface area (Å²) in [6, 6.07) is 10.9. The first-order chi connectivity index (χ1) is 15.8. The topological polar surface area (TPSA) is 96.0 Å². The molecule has 33 heavy (non-hydrogen) atoms. The van der Waals surface area contributed by atoms with Gasteiger partial charge in [0.15, 0.2) is 0 Å². The number of benzene rings is 2. The molecule has 0 radical (unpaired) electrons. The Morgan fingerprint density at radius 3 is 2.27 bits per heavy atom. The van der Waals surface area contributed by atoms with Crippen molar-refractivity contribution < 1.29 is 17.2 Å². The Balaban J connectivity index is 1.45. The minimum atomic E-state index is -4.28. The third-order valence-electron chi connectivity index (χ3n) is 5.39. The van der Waals surface area contributed by atoms with E-state index in [0.29, 0.717) is 29.4 Å². The fraction of sp³-hybridized carbons (Fsp3) is 0.304. The molecule has 0 unspecified atom stereocenters. The van der Waals surface area contributed by atoms with Crippen molar-refractivity contribution in [1.82, 2.24) is 9.97 Å². The minimum Gasteiger partial charge on any atom is -0.367 e. The lowest BCUT2D eigenvalue weighted by Crippen LogP contribution is -2.23. The molecule has 10 heteroatoms. The van der Waals surface area contributed by atoms with Crippen molar-refractivity contribution in [2.45, 2.75) is 50.0 Å². The van der Waals surface area contributed by atoms with Crippen molar-refractivity contribution in [3.63, 3.8) is 0 Å². The average Bonchev–Trinajstić information content (AvgIpc) is 2.77. The van der Waals surface area contributed by atoms with Gasteiger partial charge in [-0.25, -0.2) is 27.2 Å².